The van der Waals surface area contributed by atoms with Crippen LogP contribution in [0.1, 0.15) is 24.5 Å². The fourth-order valence-corrected chi connectivity index (χ4v) is 5.48. The van der Waals surface area contributed by atoms with Crippen molar-refractivity contribution < 1.29 is 4.39 Å². The number of nitrogens with one attached hydrogen (secondary N) is 3. The molecule has 0 fully saturated rings. The second-order valence-electron chi connectivity index (χ2n) is 11.8. The third-order valence-electron chi connectivity index (χ3n) is 7.53. The molecule has 0 saturated heterocycles. The number of pyridine rings is 2. The molecule has 4 aromatic heterocycles. The van der Waals surface area contributed by atoms with Crippen molar-refractivity contribution >= 4 is 27.5 Å². The minimum Gasteiger partial charge on any atom is -0.358 e. The smallest absolute Gasteiger partial charge is 0.181 e. The first-order chi connectivity index (χ1) is 21.6. The SMILES string of the molecule is C=C/C(=C\C(=C/C)c1cnc2n[nH]c(-c3cc4c(-c5cc(F)cc(CCCN(C)C)c5)nccc4[nH]3)c2c1)NC(=C)CN(C)C. The monoisotopic (exact) mass is 604 g/mol. The largest absolute Gasteiger partial charge is 0.358 e. The topological polar surface area (TPSA) is 88.8 Å². The van der Waals surface area contributed by atoms with Crippen LogP contribution in [-0.2, 0) is 6.42 Å². The Labute approximate surface area is 264 Å². The van der Waals surface area contributed by atoms with E-state index in [1.54, 1.807) is 24.4 Å². The Balaban J connectivity index is 1.49. The predicted octanol–water partition coefficient (Wildman–Crippen LogP) is 6.94. The predicted molar refractivity (Wildman–Crippen MR) is 184 cm³/mol. The highest BCUT2D eigenvalue weighted by Gasteiger charge is 2.16. The van der Waals surface area contributed by atoms with E-state index >= 15 is 0 Å². The maximum Gasteiger partial charge on any atom is 0.181 e. The molecule has 3 N–H and O–H groups in total. The first kappa shape index (κ1) is 31.6. The van der Waals surface area contributed by atoms with Crippen molar-refractivity contribution in [3.8, 4) is 22.6 Å². The van der Waals surface area contributed by atoms with Crippen molar-refractivity contribution in [2.45, 2.75) is 19.8 Å². The van der Waals surface area contributed by atoms with Gasteiger partial charge in [-0.3, -0.25) is 10.1 Å². The Bertz CT molecular complexity index is 1910. The zero-order valence-electron chi connectivity index (χ0n) is 26.7. The van der Waals surface area contributed by atoms with Gasteiger partial charge in [-0.15, -0.1) is 0 Å². The fraction of sp³-hybridized carbons (Fsp3) is 0.250. The molecule has 5 rings (SSSR count). The zero-order valence-corrected chi connectivity index (χ0v) is 26.7. The zero-order chi connectivity index (χ0) is 32.1. The normalized spacial score (nSPS) is 12.5. The standard InChI is InChI=1S/C36H41FN8/c1-8-25(18-29(9-2)40-23(3)22-45(6)7)27-19-31-35(42-43-36(31)39-21-27)33-20-30-32(41-33)12-13-38-34(30)26-15-24(16-28(37)17-26)11-10-14-44(4)5/h8-9,12-13,15-21,40-41H,2-3,10-11,14,22H2,1,4-7H3,(H,39,42,43)/b25-8+,29-18+. The van der Waals surface area contributed by atoms with E-state index in [0.717, 1.165) is 86.4 Å². The van der Waals surface area contributed by atoms with Crippen molar-refractivity contribution in [1.29, 1.82) is 0 Å². The van der Waals surface area contributed by atoms with Crippen molar-refractivity contribution in [2.75, 3.05) is 41.3 Å². The maximum atomic E-state index is 14.8. The van der Waals surface area contributed by atoms with Gasteiger partial charge in [-0.2, -0.15) is 5.10 Å². The average Bonchev–Trinajstić information content (AvgIpc) is 3.62. The number of aryl methyl sites for hydroxylation is 1. The molecule has 4 heterocycles. The van der Waals surface area contributed by atoms with Gasteiger partial charge in [0.2, 0.25) is 0 Å². The summed E-state index contributed by atoms with van der Waals surface area (Å²) in [5, 5.41) is 12.8. The van der Waals surface area contributed by atoms with Gasteiger partial charge in [-0.1, -0.05) is 19.2 Å². The van der Waals surface area contributed by atoms with Gasteiger partial charge in [0.25, 0.3) is 0 Å². The number of benzene rings is 1. The molecule has 9 heteroatoms. The van der Waals surface area contributed by atoms with Crippen molar-refractivity contribution in [2.24, 2.45) is 0 Å². The van der Waals surface area contributed by atoms with Gasteiger partial charge >= 0.3 is 0 Å². The van der Waals surface area contributed by atoms with E-state index in [-0.39, 0.29) is 5.82 Å². The van der Waals surface area contributed by atoms with E-state index in [9.17, 15) is 4.39 Å². The number of halogens is 1. The Kier molecular flexibility index (Phi) is 9.71. The highest BCUT2D eigenvalue weighted by Crippen LogP contribution is 2.34. The van der Waals surface area contributed by atoms with E-state index in [2.05, 4.69) is 59.5 Å². The second-order valence-corrected chi connectivity index (χ2v) is 11.8. The lowest BCUT2D eigenvalue weighted by Crippen LogP contribution is -2.23. The van der Waals surface area contributed by atoms with Crippen LogP contribution in [0.25, 0.3) is 50.2 Å². The summed E-state index contributed by atoms with van der Waals surface area (Å²) in [7, 11) is 8.09. The van der Waals surface area contributed by atoms with Crippen LogP contribution in [0.2, 0.25) is 0 Å². The Hall–Kier alpha value is -4.86. The third kappa shape index (κ3) is 7.45. The molecule has 0 atom stereocenters. The van der Waals surface area contributed by atoms with Crippen LogP contribution in [0.5, 0.6) is 0 Å². The average molecular weight is 605 g/mol. The molecule has 0 aliphatic carbocycles. The van der Waals surface area contributed by atoms with Crippen LogP contribution in [0, 0.1) is 5.82 Å². The number of aromatic amines is 2. The number of rotatable bonds is 13. The molecule has 0 aliphatic heterocycles. The Morgan fingerprint density at radius 1 is 1.04 bits per heavy atom. The van der Waals surface area contributed by atoms with Gasteiger partial charge in [-0.05, 0) is 114 Å². The van der Waals surface area contributed by atoms with Crippen molar-refractivity contribution in [3.05, 3.63) is 109 Å². The summed E-state index contributed by atoms with van der Waals surface area (Å²) in [6.07, 6.45) is 11.2. The molecule has 0 unspecified atom stereocenters. The molecule has 0 aliphatic rings. The minimum absolute atomic E-state index is 0.259. The summed E-state index contributed by atoms with van der Waals surface area (Å²) in [4.78, 5) is 17.0. The lowest BCUT2D eigenvalue weighted by atomic mass is 10.0. The maximum absolute atomic E-state index is 14.8. The first-order valence-corrected chi connectivity index (χ1v) is 15.0. The summed E-state index contributed by atoms with van der Waals surface area (Å²) in [6.45, 7) is 11.7. The molecule has 0 spiro atoms. The van der Waals surface area contributed by atoms with Crippen LogP contribution in [-0.4, -0.2) is 76.2 Å². The molecule has 8 nitrogen and oxygen atoms in total. The van der Waals surface area contributed by atoms with Crippen LogP contribution >= 0.6 is 0 Å². The van der Waals surface area contributed by atoms with E-state index < -0.39 is 0 Å². The van der Waals surface area contributed by atoms with Crippen LogP contribution in [0.15, 0.2) is 91.6 Å². The molecule has 0 saturated carbocycles. The molecule has 232 valence electrons. The molecule has 0 radical (unpaired) electrons. The molecule has 45 heavy (non-hydrogen) atoms. The first-order valence-electron chi connectivity index (χ1n) is 15.0. The van der Waals surface area contributed by atoms with Crippen LogP contribution in [0.4, 0.5) is 4.39 Å². The fourth-order valence-electron chi connectivity index (χ4n) is 5.48. The number of allylic oxidation sites excluding steroid dienone is 4. The molecular weight excluding hydrogens is 563 g/mol. The molecule has 5 aromatic rings. The van der Waals surface area contributed by atoms with Crippen molar-refractivity contribution in [1.82, 2.24) is 40.3 Å². The molecule has 0 bridgehead atoms. The number of nitrogens with zero attached hydrogens (tertiary/aromatic N) is 5. The van der Waals surface area contributed by atoms with Gasteiger partial charge in [0.05, 0.1) is 17.1 Å². The lowest BCUT2D eigenvalue weighted by molar-refractivity contribution is 0.400. The van der Waals surface area contributed by atoms with E-state index in [1.807, 2.05) is 71.7 Å². The summed E-state index contributed by atoms with van der Waals surface area (Å²) in [6, 6.07) is 11.3. The summed E-state index contributed by atoms with van der Waals surface area (Å²) >= 11 is 0. The van der Waals surface area contributed by atoms with Crippen LogP contribution in [0.3, 0.4) is 0 Å². The molecule has 1 aromatic carbocycles. The lowest BCUT2D eigenvalue weighted by Gasteiger charge is -2.15. The van der Waals surface area contributed by atoms with Gasteiger partial charge < -0.3 is 20.1 Å². The van der Waals surface area contributed by atoms with Gasteiger partial charge in [-0.25, -0.2) is 9.37 Å². The highest BCUT2D eigenvalue weighted by atomic mass is 19.1. The number of hydrogen-bond acceptors (Lipinski definition) is 6. The van der Waals surface area contributed by atoms with Crippen LogP contribution < -0.4 is 5.32 Å². The Morgan fingerprint density at radius 3 is 2.60 bits per heavy atom. The van der Waals surface area contributed by atoms with E-state index in [4.69, 9.17) is 0 Å². The number of aromatic nitrogens is 5. The van der Waals surface area contributed by atoms with Gasteiger partial charge in [0, 0.05) is 57.7 Å². The quantitative estimate of drug-likeness (QED) is 0.126. The summed E-state index contributed by atoms with van der Waals surface area (Å²) in [5.74, 6) is -0.259. The number of H-pyrrole nitrogens is 2. The number of fused-ring (bicyclic) bond motifs is 2. The number of hydrogen-bond donors (Lipinski definition) is 3. The highest BCUT2D eigenvalue weighted by molar-refractivity contribution is 6.00. The summed E-state index contributed by atoms with van der Waals surface area (Å²) < 4.78 is 14.8. The van der Waals surface area contributed by atoms with E-state index in [1.165, 1.54) is 0 Å². The van der Waals surface area contributed by atoms with Gasteiger partial charge in [0.15, 0.2) is 5.65 Å². The minimum atomic E-state index is -0.259. The van der Waals surface area contributed by atoms with E-state index in [0.29, 0.717) is 12.2 Å². The summed E-state index contributed by atoms with van der Waals surface area (Å²) in [5.41, 5.74) is 9.25. The van der Waals surface area contributed by atoms with Crippen molar-refractivity contribution in [3.63, 3.8) is 0 Å². The third-order valence-corrected chi connectivity index (χ3v) is 7.53. The Morgan fingerprint density at radius 2 is 1.87 bits per heavy atom. The second kappa shape index (κ2) is 13.8. The number of likely N-dealkylation sites (N-methyl/N-ethyl adjacent to an activating group) is 1. The molecular formula is C36H41FN8. The van der Waals surface area contributed by atoms with Gasteiger partial charge in [0.1, 0.15) is 5.82 Å². The molecule has 0 amide bonds.